The summed E-state index contributed by atoms with van der Waals surface area (Å²) in [4.78, 5) is 16.4. The molecule has 0 unspecified atom stereocenters. The Morgan fingerprint density at radius 2 is 2.13 bits per heavy atom. The lowest BCUT2D eigenvalue weighted by atomic mass is 9.95. The van der Waals surface area contributed by atoms with Crippen LogP contribution >= 0.6 is 15.9 Å². The van der Waals surface area contributed by atoms with Gasteiger partial charge in [0.25, 0.3) is 5.91 Å². The number of amides is 1. The van der Waals surface area contributed by atoms with E-state index in [-0.39, 0.29) is 28.3 Å². The van der Waals surface area contributed by atoms with Crippen LogP contribution in [0.15, 0.2) is 22.7 Å². The van der Waals surface area contributed by atoms with E-state index in [0.717, 1.165) is 0 Å². The van der Waals surface area contributed by atoms with E-state index in [0.29, 0.717) is 10.0 Å². The van der Waals surface area contributed by atoms with E-state index in [4.69, 9.17) is 5.73 Å². The van der Waals surface area contributed by atoms with Crippen molar-refractivity contribution in [3.8, 4) is 17.2 Å². The number of anilines is 2. The van der Waals surface area contributed by atoms with Crippen molar-refractivity contribution in [2.24, 2.45) is 0 Å². The summed E-state index contributed by atoms with van der Waals surface area (Å²) < 4.78 is 14.2. The van der Waals surface area contributed by atoms with Gasteiger partial charge in [0.1, 0.15) is 29.1 Å². The molecular weight excluding hydrogens is 365 g/mol. The van der Waals surface area contributed by atoms with Gasteiger partial charge < -0.3 is 16.4 Å². The number of carbonyl (C=O) groups excluding carboxylic acids is 1. The van der Waals surface area contributed by atoms with Crippen LogP contribution in [0.3, 0.4) is 0 Å². The van der Waals surface area contributed by atoms with E-state index in [1.165, 1.54) is 25.2 Å². The van der Waals surface area contributed by atoms with Gasteiger partial charge in [0.05, 0.1) is 5.56 Å². The minimum Gasteiger partial charge on any atom is -0.383 e. The highest BCUT2D eigenvalue weighted by Gasteiger charge is 2.25. The van der Waals surface area contributed by atoms with Crippen LogP contribution in [0.2, 0.25) is 0 Å². The maximum absolute atomic E-state index is 13.7. The highest BCUT2D eigenvalue weighted by atomic mass is 79.9. The number of nitrogen functional groups attached to an aromatic ring is 1. The van der Waals surface area contributed by atoms with Crippen LogP contribution < -0.4 is 16.4 Å². The Morgan fingerprint density at radius 3 is 2.70 bits per heavy atom. The van der Waals surface area contributed by atoms with E-state index in [9.17, 15) is 14.4 Å². The van der Waals surface area contributed by atoms with Crippen molar-refractivity contribution in [2.45, 2.75) is 0 Å². The number of pyridine rings is 1. The van der Waals surface area contributed by atoms with Crippen LogP contribution in [-0.4, -0.2) is 25.0 Å². The number of benzene rings is 1. The molecule has 1 amide bonds. The van der Waals surface area contributed by atoms with E-state index >= 15 is 0 Å². The zero-order chi connectivity index (χ0) is 17.1. The average Bonchev–Trinajstić information content (AvgIpc) is 2.55. The van der Waals surface area contributed by atoms with E-state index in [1.54, 1.807) is 7.05 Å². The zero-order valence-corrected chi connectivity index (χ0v) is 14.0. The molecule has 0 saturated carbocycles. The molecule has 1 aromatic carbocycles. The summed E-state index contributed by atoms with van der Waals surface area (Å²) in [5.41, 5.74) is 6.51. The Hall–Kier alpha value is -2.66. The third-order valence-corrected chi connectivity index (χ3v) is 3.92. The summed E-state index contributed by atoms with van der Waals surface area (Å²) >= 11 is 3.32. The van der Waals surface area contributed by atoms with Crippen molar-refractivity contribution in [2.75, 3.05) is 25.1 Å². The maximum Gasteiger partial charge on any atom is 0.255 e. The van der Waals surface area contributed by atoms with E-state index in [2.05, 4.69) is 31.5 Å². The summed E-state index contributed by atoms with van der Waals surface area (Å²) in [6.45, 7) is 0. The van der Waals surface area contributed by atoms with Crippen molar-refractivity contribution in [1.29, 1.82) is 5.26 Å². The SMILES string of the molecule is CNC(=O)c1c(NC)nc(N)c(C#N)c1-c1cc(F)ccc1Br. The summed E-state index contributed by atoms with van der Waals surface area (Å²) in [6, 6.07) is 5.93. The average molecular weight is 378 g/mol. The van der Waals surface area contributed by atoms with Gasteiger partial charge in [-0.3, -0.25) is 4.79 Å². The number of rotatable bonds is 3. The fourth-order valence-corrected chi connectivity index (χ4v) is 2.65. The minimum atomic E-state index is -0.503. The first-order valence-electron chi connectivity index (χ1n) is 6.53. The van der Waals surface area contributed by atoms with Gasteiger partial charge in [-0.15, -0.1) is 0 Å². The van der Waals surface area contributed by atoms with Gasteiger partial charge in [-0.25, -0.2) is 9.37 Å². The number of hydrogen-bond donors (Lipinski definition) is 3. The van der Waals surface area contributed by atoms with E-state index in [1.807, 2.05) is 6.07 Å². The number of hydrogen-bond acceptors (Lipinski definition) is 5. The molecule has 1 heterocycles. The topological polar surface area (TPSA) is 104 Å². The highest BCUT2D eigenvalue weighted by Crippen LogP contribution is 2.38. The molecule has 0 saturated heterocycles. The predicted molar refractivity (Wildman–Crippen MR) is 89.4 cm³/mol. The van der Waals surface area contributed by atoms with Crippen molar-refractivity contribution in [3.05, 3.63) is 39.6 Å². The second-order valence-electron chi connectivity index (χ2n) is 4.54. The number of nitriles is 1. The fourth-order valence-electron chi connectivity index (χ4n) is 2.20. The molecule has 4 N–H and O–H groups in total. The van der Waals surface area contributed by atoms with Gasteiger partial charge in [-0.2, -0.15) is 5.26 Å². The smallest absolute Gasteiger partial charge is 0.255 e. The first-order valence-corrected chi connectivity index (χ1v) is 7.32. The molecule has 118 valence electrons. The standard InChI is InChI=1S/C15H13BrFN5O/c1-20-14-12(15(23)21-2)11(9(6-18)13(19)22-14)8-5-7(17)3-4-10(8)16/h3-5H,1-2H3,(H,21,23)(H3,19,20,22). The van der Waals surface area contributed by atoms with Crippen LogP contribution in [0.25, 0.3) is 11.1 Å². The predicted octanol–water partition coefficient (Wildman–Crippen LogP) is 2.51. The first kappa shape index (κ1) is 16.7. The van der Waals surface area contributed by atoms with Gasteiger partial charge in [-0.05, 0) is 18.2 Å². The Kier molecular flexibility index (Phi) is 4.81. The number of aromatic nitrogens is 1. The van der Waals surface area contributed by atoms with Crippen molar-refractivity contribution in [1.82, 2.24) is 10.3 Å². The third-order valence-electron chi connectivity index (χ3n) is 3.23. The Bertz CT molecular complexity index is 832. The van der Waals surface area contributed by atoms with Gasteiger partial charge in [0, 0.05) is 29.7 Å². The van der Waals surface area contributed by atoms with Gasteiger partial charge in [0.2, 0.25) is 0 Å². The van der Waals surface area contributed by atoms with Crippen molar-refractivity contribution < 1.29 is 9.18 Å². The second kappa shape index (κ2) is 6.62. The molecule has 23 heavy (non-hydrogen) atoms. The Balaban J connectivity index is 2.99. The van der Waals surface area contributed by atoms with Crippen LogP contribution in [0.5, 0.6) is 0 Å². The number of carbonyl (C=O) groups is 1. The molecular formula is C15H13BrFN5O. The largest absolute Gasteiger partial charge is 0.383 e. The summed E-state index contributed by atoms with van der Waals surface area (Å²) in [7, 11) is 3.03. The molecule has 0 aliphatic carbocycles. The molecule has 0 aliphatic rings. The molecule has 0 spiro atoms. The number of nitrogens with zero attached hydrogens (tertiary/aromatic N) is 2. The number of nitrogens with two attached hydrogens (primary N) is 1. The third kappa shape index (κ3) is 2.96. The minimum absolute atomic E-state index is 0.00824. The van der Waals surface area contributed by atoms with Gasteiger partial charge in [0.15, 0.2) is 0 Å². The molecule has 2 aromatic rings. The van der Waals surface area contributed by atoms with Crippen molar-refractivity contribution in [3.63, 3.8) is 0 Å². The normalized spacial score (nSPS) is 10.0. The molecule has 0 fully saturated rings. The lowest BCUT2D eigenvalue weighted by molar-refractivity contribution is 0.0964. The summed E-state index contributed by atoms with van der Waals surface area (Å²) in [6.07, 6.45) is 0. The molecule has 0 radical (unpaired) electrons. The first-order chi connectivity index (χ1) is 10.9. The second-order valence-corrected chi connectivity index (χ2v) is 5.39. The molecule has 6 nitrogen and oxygen atoms in total. The molecule has 8 heteroatoms. The zero-order valence-electron chi connectivity index (χ0n) is 12.4. The van der Waals surface area contributed by atoms with Crippen LogP contribution in [0.4, 0.5) is 16.0 Å². The fraction of sp³-hybridized carbons (Fsp3) is 0.133. The Morgan fingerprint density at radius 1 is 1.43 bits per heavy atom. The monoisotopic (exact) mass is 377 g/mol. The van der Waals surface area contributed by atoms with Gasteiger partial charge >= 0.3 is 0 Å². The molecule has 0 aliphatic heterocycles. The lowest BCUT2D eigenvalue weighted by Crippen LogP contribution is -2.22. The van der Waals surface area contributed by atoms with Crippen LogP contribution in [0, 0.1) is 17.1 Å². The number of nitrogens with one attached hydrogen (secondary N) is 2. The Labute approximate surface area is 140 Å². The summed E-state index contributed by atoms with van der Waals surface area (Å²) in [5.74, 6) is -0.816. The van der Waals surface area contributed by atoms with E-state index < -0.39 is 11.7 Å². The maximum atomic E-state index is 13.7. The highest BCUT2D eigenvalue weighted by molar-refractivity contribution is 9.10. The van der Waals surface area contributed by atoms with Crippen LogP contribution in [-0.2, 0) is 0 Å². The van der Waals surface area contributed by atoms with Crippen LogP contribution in [0.1, 0.15) is 15.9 Å². The quantitative estimate of drug-likeness (QED) is 0.762. The molecule has 0 atom stereocenters. The van der Waals surface area contributed by atoms with Gasteiger partial charge in [-0.1, -0.05) is 15.9 Å². The molecule has 1 aromatic heterocycles. The molecule has 2 rings (SSSR count). The lowest BCUT2D eigenvalue weighted by Gasteiger charge is -2.17. The summed E-state index contributed by atoms with van der Waals surface area (Å²) in [5, 5.41) is 14.7. The van der Waals surface area contributed by atoms with Crippen molar-refractivity contribution >= 4 is 33.5 Å². The molecule has 0 bridgehead atoms. The number of halogens is 2.